The predicted octanol–water partition coefficient (Wildman–Crippen LogP) is 3.69. The van der Waals surface area contributed by atoms with Crippen LogP contribution < -0.4 is 10.7 Å². The molecule has 1 N–H and O–H groups in total. The molecule has 1 heterocycles. The monoisotopic (exact) mass is 304 g/mol. The van der Waals surface area contributed by atoms with E-state index in [4.69, 9.17) is 11.6 Å². The van der Waals surface area contributed by atoms with E-state index in [0.717, 1.165) is 36.3 Å². The van der Waals surface area contributed by atoms with Crippen molar-refractivity contribution in [3.8, 4) is 5.69 Å². The van der Waals surface area contributed by atoms with Crippen LogP contribution in [-0.4, -0.2) is 11.1 Å². The van der Waals surface area contributed by atoms with Crippen molar-refractivity contribution < 1.29 is 0 Å². The molecular weight excluding hydrogens is 284 g/mol. The Labute approximate surface area is 130 Å². The van der Waals surface area contributed by atoms with Crippen LogP contribution in [0, 0.1) is 6.92 Å². The van der Waals surface area contributed by atoms with Crippen LogP contribution in [-0.2, 0) is 6.54 Å². The van der Waals surface area contributed by atoms with Gasteiger partial charge in [0.2, 0.25) is 0 Å². The molecule has 0 amide bonds. The van der Waals surface area contributed by atoms with Gasteiger partial charge in [-0.2, -0.15) is 0 Å². The lowest BCUT2D eigenvalue weighted by Gasteiger charge is -2.14. The predicted molar refractivity (Wildman–Crippen MR) is 88.4 cm³/mol. The van der Waals surface area contributed by atoms with Gasteiger partial charge in [0.1, 0.15) is 0 Å². The minimum Gasteiger partial charge on any atom is -0.319 e. The second kappa shape index (κ2) is 7.43. The smallest absolute Gasteiger partial charge is 0.186 e. The summed E-state index contributed by atoms with van der Waals surface area (Å²) in [6.45, 7) is 5.58. The fraction of sp³-hybridized carbons (Fsp3) is 0.353. The quantitative estimate of drug-likeness (QED) is 0.826. The Hall–Kier alpha value is -1.58. The molecule has 21 heavy (non-hydrogen) atoms. The molecule has 0 saturated carbocycles. The van der Waals surface area contributed by atoms with Crippen LogP contribution in [0.1, 0.15) is 31.0 Å². The van der Waals surface area contributed by atoms with Gasteiger partial charge >= 0.3 is 0 Å². The number of aromatic nitrogens is 1. The molecule has 0 aliphatic heterocycles. The van der Waals surface area contributed by atoms with Crippen LogP contribution >= 0.6 is 11.6 Å². The van der Waals surface area contributed by atoms with Gasteiger partial charge < -0.3 is 9.88 Å². The molecule has 0 spiro atoms. The highest BCUT2D eigenvalue weighted by molar-refractivity contribution is 6.32. The normalized spacial score (nSPS) is 10.8. The Morgan fingerprint density at radius 1 is 1.29 bits per heavy atom. The lowest BCUT2D eigenvalue weighted by atomic mass is 10.2. The van der Waals surface area contributed by atoms with E-state index in [-0.39, 0.29) is 5.43 Å². The molecular formula is C17H21ClN2O. The molecule has 1 aromatic carbocycles. The molecule has 0 fully saturated rings. The highest BCUT2D eigenvalue weighted by Gasteiger charge is 2.07. The molecule has 2 aromatic rings. The highest BCUT2D eigenvalue weighted by atomic mass is 35.5. The van der Waals surface area contributed by atoms with E-state index >= 15 is 0 Å². The molecule has 0 saturated heterocycles. The largest absolute Gasteiger partial charge is 0.319 e. The molecule has 0 aliphatic carbocycles. The zero-order valence-corrected chi connectivity index (χ0v) is 13.3. The van der Waals surface area contributed by atoms with Gasteiger partial charge in [-0.25, -0.2) is 0 Å². The van der Waals surface area contributed by atoms with Crippen molar-refractivity contribution in [2.24, 2.45) is 0 Å². The Morgan fingerprint density at radius 2 is 2.05 bits per heavy atom. The number of hydrogen-bond acceptors (Lipinski definition) is 2. The summed E-state index contributed by atoms with van der Waals surface area (Å²) in [5.74, 6) is 0. The van der Waals surface area contributed by atoms with Crippen LogP contribution in [0.25, 0.3) is 5.69 Å². The summed E-state index contributed by atoms with van der Waals surface area (Å²) >= 11 is 6.25. The third-order valence-corrected chi connectivity index (χ3v) is 3.78. The number of hydrogen-bond donors (Lipinski definition) is 1. The van der Waals surface area contributed by atoms with E-state index in [1.54, 1.807) is 6.07 Å². The number of nitrogens with zero attached hydrogens (tertiary/aromatic N) is 1. The number of unbranched alkanes of at least 4 members (excludes halogenated alkanes) is 1. The number of pyridine rings is 1. The van der Waals surface area contributed by atoms with E-state index in [1.807, 2.05) is 42.0 Å². The maximum absolute atomic E-state index is 12.1. The summed E-state index contributed by atoms with van der Waals surface area (Å²) in [6.07, 6.45) is 4.15. The Balaban J connectivity index is 2.31. The van der Waals surface area contributed by atoms with E-state index < -0.39 is 0 Å². The van der Waals surface area contributed by atoms with Crippen LogP contribution in [0.5, 0.6) is 0 Å². The van der Waals surface area contributed by atoms with E-state index in [0.29, 0.717) is 11.6 Å². The van der Waals surface area contributed by atoms with Crippen molar-refractivity contribution in [3.05, 3.63) is 63.0 Å². The number of benzene rings is 1. The van der Waals surface area contributed by atoms with E-state index in [9.17, 15) is 4.79 Å². The van der Waals surface area contributed by atoms with Gasteiger partial charge in [0.05, 0.1) is 10.7 Å². The molecule has 1 aromatic heterocycles. The summed E-state index contributed by atoms with van der Waals surface area (Å²) in [4.78, 5) is 12.1. The van der Waals surface area contributed by atoms with E-state index in [2.05, 4.69) is 12.2 Å². The fourth-order valence-electron chi connectivity index (χ4n) is 2.24. The van der Waals surface area contributed by atoms with Crippen LogP contribution in [0.3, 0.4) is 0 Å². The maximum Gasteiger partial charge on any atom is 0.186 e. The van der Waals surface area contributed by atoms with Crippen molar-refractivity contribution >= 4 is 11.6 Å². The first-order chi connectivity index (χ1) is 10.1. The first-order valence-corrected chi connectivity index (χ1v) is 7.69. The molecule has 4 heteroatoms. The zero-order valence-electron chi connectivity index (χ0n) is 12.5. The molecule has 0 atom stereocenters. The van der Waals surface area contributed by atoms with Gasteiger partial charge in [0.15, 0.2) is 5.43 Å². The van der Waals surface area contributed by atoms with Gasteiger partial charge in [-0.3, -0.25) is 4.79 Å². The molecule has 112 valence electrons. The topological polar surface area (TPSA) is 34.0 Å². The maximum atomic E-state index is 12.1. The lowest BCUT2D eigenvalue weighted by Crippen LogP contribution is -2.22. The minimum atomic E-state index is 0.0693. The second-order valence-electron chi connectivity index (χ2n) is 5.16. The summed E-state index contributed by atoms with van der Waals surface area (Å²) in [7, 11) is 0. The second-order valence-corrected chi connectivity index (χ2v) is 5.56. The molecule has 2 rings (SSSR count). The summed E-state index contributed by atoms with van der Waals surface area (Å²) in [6, 6.07) is 9.32. The third kappa shape index (κ3) is 3.96. The van der Waals surface area contributed by atoms with Crippen LogP contribution in [0.2, 0.25) is 5.02 Å². The lowest BCUT2D eigenvalue weighted by molar-refractivity contribution is 0.637. The Bertz CT molecular complexity index is 664. The third-order valence-electron chi connectivity index (χ3n) is 3.46. The van der Waals surface area contributed by atoms with Crippen molar-refractivity contribution in [2.75, 3.05) is 6.54 Å². The zero-order chi connectivity index (χ0) is 15.2. The SMILES string of the molecule is CCCCNCc1cn(-c2ccccc2Cl)c(C)cc1=O. The van der Waals surface area contributed by atoms with Gasteiger partial charge in [-0.05, 0) is 32.0 Å². The van der Waals surface area contributed by atoms with Crippen molar-refractivity contribution in [1.29, 1.82) is 0 Å². The number of nitrogens with one attached hydrogen (secondary N) is 1. The van der Waals surface area contributed by atoms with Gasteiger partial charge in [-0.15, -0.1) is 0 Å². The van der Waals surface area contributed by atoms with Crippen molar-refractivity contribution in [3.63, 3.8) is 0 Å². The molecule has 0 aliphatic rings. The number of para-hydroxylation sites is 1. The average molecular weight is 305 g/mol. The Morgan fingerprint density at radius 3 is 2.76 bits per heavy atom. The standard InChI is InChI=1S/C17H21ClN2O/c1-3-4-9-19-11-14-12-20(13(2)10-17(14)21)16-8-6-5-7-15(16)18/h5-8,10,12,19H,3-4,9,11H2,1-2H3. The number of rotatable bonds is 6. The first-order valence-electron chi connectivity index (χ1n) is 7.31. The van der Waals surface area contributed by atoms with Crippen LogP contribution in [0.15, 0.2) is 41.3 Å². The van der Waals surface area contributed by atoms with Gasteiger partial charge in [0, 0.05) is 30.1 Å². The van der Waals surface area contributed by atoms with E-state index in [1.165, 1.54) is 0 Å². The first kappa shape index (κ1) is 15.8. The highest BCUT2D eigenvalue weighted by Crippen LogP contribution is 2.20. The Kier molecular flexibility index (Phi) is 5.59. The summed E-state index contributed by atoms with van der Waals surface area (Å²) in [5, 5.41) is 3.99. The number of aryl methyl sites for hydroxylation is 1. The summed E-state index contributed by atoms with van der Waals surface area (Å²) < 4.78 is 1.97. The van der Waals surface area contributed by atoms with Crippen molar-refractivity contribution in [1.82, 2.24) is 9.88 Å². The average Bonchev–Trinajstić information content (AvgIpc) is 2.46. The van der Waals surface area contributed by atoms with Crippen molar-refractivity contribution in [2.45, 2.75) is 33.2 Å². The molecule has 0 radical (unpaired) electrons. The molecule has 0 unspecified atom stereocenters. The van der Waals surface area contributed by atoms with Gasteiger partial charge in [0.25, 0.3) is 0 Å². The minimum absolute atomic E-state index is 0.0693. The number of halogens is 1. The van der Waals surface area contributed by atoms with Crippen LogP contribution in [0.4, 0.5) is 0 Å². The molecule has 0 bridgehead atoms. The molecule has 3 nitrogen and oxygen atoms in total. The summed E-state index contributed by atoms with van der Waals surface area (Å²) in [5.41, 5.74) is 2.60. The fourth-order valence-corrected chi connectivity index (χ4v) is 2.46. The van der Waals surface area contributed by atoms with Gasteiger partial charge in [-0.1, -0.05) is 37.1 Å².